The first-order valence-corrected chi connectivity index (χ1v) is 9.50. The van der Waals surface area contributed by atoms with Gasteiger partial charge in [-0.3, -0.25) is 0 Å². The summed E-state index contributed by atoms with van der Waals surface area (Å²) in [5, 5.41) is 5.34. The molecule has 0 amide bonds. The van der Waals surface area contributed by atoms with Crippen molar-refractivity contribution in [2.45, 2.75) is 18.9 Å². The Morgan fingerprint density at radius 2 is 1.96 bits per heavy atom. The zero-order valence-corrected chi connectivity index (χ0v) is 15.6. The molecule has 4 aromatic rings. The minimum atomic E-state index is -0.345. The summed E-state index contributed by atoms with van der Waals surface area (Å²) in [6.45, 7) is 2.17. The molecule has 0 radical (unpaired) electrons. The van der Waals surface area contributed by atoms with Gasteiger partial charge in [-0.1, -0.05) is 6.07 Å². The number of halogens is 1. The summed E-state index contributed by atoms with van der Waals surface area (Å²) in [4.78, 5) is 18.5. The molecule has 2 N–H and O–H groups in total. The Labute approximate surface area is 161 Å². The highest BCUT2D eigenvalue weighted by molar-refractivity contribution is 5.98. The second kappa shape index (κ2) is 6.83. The molecule has 6 nitrogen and oxygen atoms in total. The van der Waals surface area contributed by atoms with Crippen molar-refractivity contribution in [3.05, 3.63) is 48.8 Å². The number of fused-ring (bicyclic) bond motifs is 2. The molecular weight excluding hydrogens is 355 g/mol. The first kappa shape index (κ1) is 17.1. The van der Waals surface area contributed by atoms with Crippen molar-refractivity contribution in [3.8, 4) is 11.1 Å². The summed E-state index contributed by atoms with van der Waals surface area (Å²) in [5.74, 6) is 0.507. The average molecular weight is 376 g/mol. The van der Waals surface area contributed by atoms with E-state index in [1.165, 1.54) is 12.3 Å². The zero-order valence-electron chi connectivity index (χ0n) is 15.6. The number of hydrogen-bond acceptors (Lipinski definition) is 5. The van der Waals surface area contributed by atoms with E-state index >= 15 is 0 Å². The molecule has 0 bridgehead atoms. The first-order chi connectivity index (χ1) is 13.7. The second-order valence-corrected chi connectivity index (χ2v) is 7.43. The summed E-state index contributed by atoms with van der Waals surface area (Å²) >= 11 is 0. The predicted molar refractivity (Wildman–Crippen MR) is 109 cm³/mol. The molecule has 0 saturated carbocycles. The van der Waals surface area contributed by atoms with Crippen molar-refractivity contribution in [2.24, 2.45) is 0 Å². The topological polar surface area (TPSA) is 69.7 Å². The van der Waals surface area contributed by atoms with Gasteiger partial charge in [0.05, 0.1) is 11.7 Å². The molecule has 3 aromatic heterocycles. The number of pyridine rings is 1. The Morgan fingerprint density at radius 3 is 2.82 bits per heavy atom. The van der Waals surface area contributed by atoms with Gasteiger partial charge >= 0.3 is 0 Å². The maximum absolute atomic E-state index is 13.7. The summed E-state index contributed by atoms with van der Waals surface area (Å²) in [5.41, 5.74) is 3.45. The lowest BCUT2D eigenvalue weighted by Crippen LogP contribution is -2.36. The van der Waals surface area contributed by atoms with E-state index in [1.807, 2.05) is 18.3 Å². The number of benzene rings is 1. The number of aromatic nitrogens is 4. The van der Waals surface area contributed by atoms with Gasteiger partial charge in [0.25, 0.3) is 0 Å². The Balaban J connectivity index is 1.55. The molecule has 1 aliphatic heterocycles. The number of nitrogens with one attached hydrogen (secondary N) is 2. The van der Waals surface area contributed by atoms with Crippen LogP contribution in [0.4, 0.5) is 10.2 Å². The molecule has 142 valence electrons. The summed E-state index contributed by atoms with van der Waals surface area (Å²) in [6.07, 6.45) is 6.88. The maximum atomic E-state index is 13.7. The minimum Gasteiger partial charge on any atom is -0.367 e. The van der Waals surface area contributed by atoms with Crippen LogP contribution in [0.15, 0.2) is 43.0 Å². The first-order valence-electron chi connectivity index (χ1n) is 9.50. The third-order valence-corrected chi connectivity index (χ3v) is 5.50. The van der Waals surface area contributed by atoms with Gasteiger partial charge in [0.2, 0.25) is 0 Å². The van der Waals surface area contributed by atoms with E-state index < -0.39 is 0 Å². The second-order valence-electron chi connectivity index (χ2n) is 7.43. The maximum Gasteiger partial charge on any atom is 0.142 e. The van der Waals surface area contributed by atoms with E-state index in [2.05, 4.69) is 43.3 Å². The van der Waals surface area contributed by atoms with Crippen LogP contribution in [-0.2, 0) is 0 Å². The summed E-state index contributed by atoms with van der Waals surface area (Å²) in [7, 11) is 2.15. The van der Waals surface area contributed by atoms with E-state index in [0.717, 1.165) is 59.2 Å². The molecule has 0 spiro atoms. The van der Waals surface area contributed by atoms with Crippen LogP contribution in [-0.4, -0.2) is 51.0 Å². The van der Waals surface area contributed by atoms with Crippen molar-refractivity contribution >= 4 is 27.8 Å². The Bertz CT molecular complexity index is 1150. The highest BCUT2D eigenvalue weighted by atomic mass is 19.1. The quantitative estimate of drug-likeness (QED) is 0.569. The summed E-state index contributed by atoms with van der Waals surface area (Å²) < 4.78 is 13.7. The molecule has 5 rings (SSSR count). The van der Waals surface area contributed by atoms with Gasteiger partial charge in [-0.15, -0.1) is 0 Å². The normalized spacial score (nSPS) is 16.1. The number of likely N-dealkylation sites (tertiary alicyclic amines) is 1. The monoisotopic (exact) mass is 376 g/mol. The highest BCUT2D eigenvalue weighted by Crippen LogP contribution is 2.32. The molecule has 0 unspecified atom stereocenters. The van der Waals surface area contributed by atoms with E-state index in [0.29, 0.717) is 11.7 Å². The van der Waals surface area contributed by atoms with Crippen molar-refractivity contribution in [3.63, 3.8) is 0 Å². The molecule has 4 heterocycles. The molecule has 0 atom stereocenters. The molecule has 1 aromatic carbocycles. The van der Waals surface area contributed by atoms with E-state index in [1.54, 1.807) is 6.33 Å². The molecule has 1 saturated heterocycles. The molecule has 1 fully saturated rings. The van der Waals surface area contributed by atoms with Crippen LogP contribution < -0.4 is 5.32 Å². The lowest BCUT2D eigenvalue weighted by Gasteiger charge is -2.30. The standard InChI is InChI=1S/C21H21FN6/c1-28-6-4-15(5-7-28)27-21-17-8-13(2-3-19(17)25-12-26-21)18-11-24-20-16(18)9-14(22)10-23-20/h2-3,8-12,15H,4-7H2,1H3,(H,23,24)(H,25,26,27). The molecule has 7 heteroatoms. The average Bonchev–Trinajstić information content (AvgIpc) is 3.13. The lowest BCUT2D eigenvalue weighted by atomic mass is 10.0. The molecule has 1 aliphatic rings. The van der Waals surface area contributed by atoms with Gasteiger partial charge < -0.3 is 15.2 Å². The van der Waals surface area contributed by atoms with Crippen LogP contribution in [0.2, 0.25) is 0 Å². The van der Waals surface area contributed by atoms with Gasteiger partial charge in [0.1, 0.15) is 23.6 Å². The van der Waals surface area contributed by atoms with Crippen molar-refractivity contribution in [2.75, 3.05) is 25.5 Å². The van der Waals surface area contributed by atoms with E-state index in [-0.39, 0.29) is 5.82 Å². The molecular formula is C21H21FN6. The Hall–Kier alpha value is -3.06. The van der Waals surface area contributed by atoms with Gasteiger partial charge in [-0.05, 0) is 56.7 Å². The number of aromatic amines is 1. The third-order valence-electron chi connectivity index (χ3n) is 5.50. The minimum absolute atomic E-state index is 0.345. The van der Waals surface area contributed by atoms with Crippen LogP contribution >= 0.6 is 0 Å². The smallest absolute Gasteiger partial charge is 0.142 e. The number of piperidine rings is 1. The highest BCUT2D eigenvalue weighted by Gasteiger charge is 2.18. The number of hydrogen-bond donors (Lipinski definition) is 2. The largest absolute Gasteiger partial charge is 0.367 e. The van der Waals surface area contributed by atoms with Gasteiger partial charge in [-0.2, -0.15) is 0 Å². The fourth-order valence-electron chi connectivity index (χ4n) is 3.90. The predicted octanol–water partition coefficient (Wildman–Crippen LogP) is 3.82. The fourth-order valence-corrected chi connectivity index (χ4v) is 3.90. The molecule has 28 heavy (non-hydrogen) atoms. The number of anilines is 1. The van der Waals surface area contributed by atoms with Crippen LogP contribution in [0.3, 0.4) is 0 Å². The van der Waals surface area contributed by atoms with E-state index in [4.69, 9.17) is 0 Å². The fraction of sp³-hybridized carbons (Fsp3) is 0.286. The van der Waals surface area contributed by atoms with Gasteiger partial charge in [-0.25, -0.2) is 19.3 Å². The van der Waals surface area contributed by atoms with Crippen LogP contribution in [0.5, 0.6) is 0 Å². The van der Waals surface area contributed by atoms with Gasteiger partial charge in [0.15, 0.2) is 0 Å². The van der Waals surface area contributed by atoms with Crippen LogP contribution in [0.1, 0.15) is 12.8 Å². The zero-order chi connectivity index (χ0) is 19.1. The van der Waals surface area contributed by atoms with Crippen LogP contribution in [0.25, 0.3) is 33.1 Å². The van der Waals surface area contributed by atoms with Gasteiger partial charge in [0, 0.05) is 28.6 Å². The number of rotatable bonds is 3. The van der Waals surface area contributed by atoms with Crippen molar-refractivity contribution in [1.29, 1.82) is 0 Å². The van der Waals surface area contributed by atoms with Crippen molar-refractivity contribution in [1.82, 2.24) is 24.8 Å². The SMILES string of the molecule is CN1CCC(Nc2ncnc3ccc(-c4c[nH]c5ncc(F)cc45)cc23)CC1. The number of H-pyrrole nitrogens is 1. The Kier molecular flexibility index (Phi) is 4.16. The summed E-state index contributed by atoms with van der Waals surface area (Å²) in [6, 6.07) is 7.97. The van der Waals surface area contributed by atoms with Crippen LogP contribution in [0, 0.1) is 5.82 Å². The Morgan fingerprint density at radius 1 is 1.11 bits per heavy atom. The lowest BCUT2D eigenvalue weighted by molar-refractivity contribution is 0.264. The van der Waals surface area contributed by atoms with Crippen molar-refractivity contribution < 1.29 is 4.39 Å². The van der Waals surface area contributed by atoms with E-state index in [9.17, 15) is 4.39 Å². The number of nitrogens with zero attached hydrogens (tertiary/aromatic N) is 4. The third kappa shape index (κ3) is 3.07. The molecule has 0 aliphatic carbocycles.